The van der Waals surface area contributed by atoms with E-state index in [0.717, 1.165) is 45.2 Å². The molecule has 1 N–H and O–H groups in total. The summed E-state index contributed by atoms with van der Waals surface area (Å²) >= 11 is 0. The standard InChI is InChI=1S/C17H30N4O/c1-15-5-10-19(11-6-15)13-17(22)14-20-8-2-4-16(20)12-21-9-3-7-18-21/h3,7,9,15-17,22H,2,4-6,8,10-14H2,1H3/t16-,17-/m1/s1. The molecule has 3 heterocycles. The van der Waals surface area contributed by atoms with Gasteiger partial charge in [0.15, 0.2) is 0 Å². The molecule has 22 heavy (non-hydrogen) atoms. The number of hydrogen-bond donors (Lipinski definition) is 1. The zero-order chi connectivity index (χ0) is 15.4. The Morgan fingerprint density at radius 2 is 2.00 bits per heavy atom. The number of aliphatic hydroxyl groups excluding tert-OH is 1. The van der Waals surface area contributed by atoms with Crippen LogP contribution in [0.2, 0.25) is 0 Å². The molecule has 124 valence electrons. The lowest BCUT2D eigenvalue weighted by atomic mass is 9.99. The van der Waals surface area contributed by atoms with E-state index >= 15 is 0 Å². The Hall–Kier alpha value is -0.910. The largest absolute Gasteiger partial charge is 0.390 e. The Bertz CT molecular complexity index is 428. The predicted octanol–water partition coefficient (Wildman–Crippen LogP) is 1.44. The molecule has 0 aliphatic carbocycles. The van der Waals surface area contributed by atoms with Gasteiger partial charge in [0.25, 0.3) is 0 Å². The average molecular weight is 306 g/mol. The number of β-amino-alcohol motifs (C(OH)–C–C–N with tert-alkyl or cyclic N) is 1. The second-order valence-electron chi connectivity index (χ2n) is 7.16. The molecule has 0 bridgehead atoms. The molecule has 0 radical (unpaired) electrons. The lowest BCUT2D eigenvalue weighted by molar-refractivity contribution is 0.0553. The topological polar surface area (TPSA) is 44.5 Å². The summed E-state index contributed by atoms with van der Waals surface area (Å²) in [5.41, 5.74) is 0. The van der Waals surface area contributed by atoms with E-state index in [4.69, 9.17) is 0 Å². The third-order valence-electron chi connectivity index (χ3n) is 5.25. The van der Waals surface area contributed by atoms with Crippen molar-refractivity contribution in [2.24, 2.45) is 5.92 Å². The number of likely N-dealkylation sites (tertiary alicyclic amines) is 2. The summed E-state index contributed by atoms with van der Waals surface area (Å²) in [7, 11) is 0. The van der Waals surface area contributed by atoms with Crippen LogP contribution >= 0.6 is 0 Å². The summed E-state index contributed by atoms with van der Waals surface area (Å²) < 4.78 is 2.02. The SMILES string of the molecule is CC1CCN(C[C@@H](O)CN2CCC[C@@H]2Cn2cccn2)CC1. The molecule has 0 amide bonds. The lowest BCUT2D eigenvalue weighted by Gasteiger charge is -2.33. The summed E-state index contributed by atoms with van der Waals surface area (Å²) in [5.74, 6) is 0.852. The number of aliphatic hydroxyl groups is 1. The van der Waals surface area contributed by atoms with Gasteiger partial charge in [-0.15, -0.1) is 0 Å². The highest BCUT2D eigenvalue weighted by Gasteiger charge is 2.27. The smallest absolute Gasteiger partial charge is 0.0793 e. The van der Waals surface area contributed by atoms with Crippen LogP contribution in [0.15, 0.2) is 18.5 Å². The van der Waals surface area contributed by atoms with Gasteiger partial charge in [0, 0.05) is 31.5 Å². The Morgan fingerprint density at radius 3 is 2.73 bits per heavy atom. The van der Waals surface area contributed by atoms with Gasteiger partial charge in [-0.3, -0.25) is 9.58 Å². The van der Waals surface area contributed by atoms with E-state index in [-0.39, 0.29) is 6.10 Å². The molecule has 0 unspecified atom stereocenters. The summed E-state index contributed by atoms with van der Waals surface area (Å²) in [6, 6.07) is 2.50. The highest BCUT2D eigenvalue weighted by Crippen LogP contribution is 2.20. The van der Waals surface area contributed by atoms with Crippen LogP contribution in [0.25, 0.3) is 0 Å². The van der Waals surface area contributed by atoms with Crippen LogP contribution in [0.3, 0.4) is 0 Å². The maximum atomic E-state index is 10.5. The van der Waals surface area contributed by atoms with Crippen molar-refractivity contribution in [1.29, 1.82) is 0 Å². The molecule has 1 aromatic rings. The van der Waals surface area contributed by atoms with Gasteiger partial charge in [-0.25, -0.2) is 0 Å². The normalized spacial score (nSPS) is 26.5. The molecule has 2 atom stereocenters. The third kappa shape index (κ3) is 4.31. The molecule has 5 nitrogen and oxygen atoms in total. The first kappa shape index (κ1) is 16.0. The maximum Gasteiger partial charge on any atom is 0.0793 e. The number of aromatic nitrogens is 2. The van der Waals surface area contributed by atoms with Crippen molar-refractivity contribution in [3.8, 4) is 0 Å². The van der Waals surface area contributed by atoms with Crippen molar-refractivity contribution < 1.29 is 5.11 Å². The Balaban J connectivity index is 1.44. The monoisotopic (exact) mass is 306 g/mol. The van der Waals surface area contributed by atoms with E-state index in [1.165, 1.54) is 25.7 Å². The van der Waals surface area contributed by atoms with Gasteiger partial charge in [0.1, 0.15) is 0 Å². The van der Waals surface area contributed by atoms with Crippen molar-refractivity contribution in [1.82, 2.24) is 19.6 Å². The van der Waals surface area contributed by atoms with E-state index in [1.54, 1.807) is 0 Å². The molecule has 5 heteroatoms. The fourth-order valence-corrected chi connectivity index (χ4v) is 3.84. The lowest BCUT2D eigenvalue weighted by Crippen LogP contribution is -2.45. The summed E-state index contributed by atoms with van der Waals surface area (Å²) in [6.45, 7) is 8.32. The highest BCUT2D eigenvalue weighted by molar-refractivity contribution is 4.85. The third-order valence-corrected chi connectivity index (χ3v) is 5.25. The summed E-state index contributed by atoms with van der Waals surface area (Å²) in [5, 5.41) is 14.8. The van der Waals surface area contributed by atoms with Gasteiger partial charge in [0.2, 0.25) is 0 Å². The van der Waals surface area contributed by atoms with Crippen molar-refractivity contribution in [2.75, 3.05) is 32.7 Å². The molecule has 0 spiro atoms. The molecule has 1 aromatic heterocycles. The average Bonchev–Trinajstić information content (AvgIpc) is 3.15. The molecular weight excluding hydrogens is 276 g/mol. The molecule has 2 saturated heterocycles. The molecule has 2 aliphatic rings. The van der Waals surface area contributed by atoms with Crippen LogP contribution in [0, 0.1) is 5.92 Å². The molecule has 0 aromatic carbocycles. The van der Waals surface area contributed by atoms with Crippen LogP contribution in [0.1, 0.15) is 32.6 Å². The van der Waals surface area contributed by atoms with E-state index in [2.05, 4.69) is 21.8 Å². The Kier molecular flexibility index (Phi) is 5.50. The quantitative estimate of drug-likeness (QED) is 0.864. The van der Waals surface area contributed by atoms with Gasteiger partial charge in [-0.1, -0.05) is 6.92 Å². The zero-order valence-electron chi connectivity index (χ0n) is 13.8. The minimum absolute atomic E-state index is 0.230. The van der Waals surface area contributed by atoms with E-state index in [1.807, 2.05) is 23.1 Å². The van der Waals surface area contributed by atoms with Crippen molar-refractivity contribution in [3.05, 3.63) is 18.5 Å². The Morgan fingerprint density at radius 1 is 1.18 bits per heavy atom. The first-order valence-corrected chi connectivity index (χ1v) is 8.82. The Labute approximate surface area is 133 Å². The molecule has 2 fully saturated rings. The number of piperidine rings is 1. The van der Waals surface area contributed by atoms with E-state index < -0.39 is 0 Å². The predicted molar refractivity (Wildman–Crippen MR) is 87.7 cm³/mol. The summed E-state index contributed by atoms with van der Waals surface area (Å²) in [4.78, 5) is 4.89. The second-order valence-corrected chi connectivity index (χ2v) is 7.16. The molecule has 2 aliphatic heterocycles. The fourth-order valence-electron chi connectivity index (χ4n) is 3.84. The minimum Gasteiger partial charge on any atom is -0.390 e. The number of rotatable bonds is 6. The van der Waals surface area contributed by atoms with Crippen LogP contribution in [-0.2, 0) is 6.54 Å². The van der Waals surface area contributed by atoms with Crippen molar-refractivity contribution in [2.45, 2.75) is 51.3 Å². The first-order chi connectivity index (χ1) is 10.7. The van der Waals surface area contributed by atoms with Crippen LogP contribution in [0.5, 0.6) is 0 Å². The second kappa shape index (κ2) is 7.57. The van der Waals surface area contributed by atoms with E-state index in [0.29, 0.717) is 6.04 Å². The summed E-state index contributed by atoms with van der Waals surface area (Å²) in [6.07, 6.45) is 8.64. The van der Waals surface area contributed by atoms with Gasteiger partial charge in [0.05, 0.1) is 12.6 Å². The fraction of sp³-hybridized carbons (Fsp3) is 0.824. The molecule has 3 rings (SSSR count). The maximum absolute atomic E-state index is 10.5. The van der Waals surface area contributed by atoms with Gasteiger partial charge >= 0.3 is 0 Å². The van der Waals surface area contributed by atoms with Gasteiger partial charge in [-0.05, 0) is 57.3 Å². The van der Waals surface area contributed by atoms with Crippen molar-refractivity contribution >= 4 is 0 Å². The van der Waals surface area contributed by atoms with E-state index in [9.17, 15) is 5.11 Å². The van der Waals surface area contributed by atoms with Crippen molar-refractivity contribution in [3.63, 3.8) is 0 Å². The van der Waals surface area contributed by atoms with Gasteiger partial charge < -0.3 is 10.0 Å². The molecule has 0 saturated carbocycles. The molecular formula is C17H30N4O. The van der Waals surface area contributed by atoms with Gasteiger partial charge in [-0.2, -0.15) is 5.10 Å². The van der Waals surface area contributed by atoms with Crippen LogP contribution < -0.4 is 0 Å². The number of nitrogens with zero attached hydrogens (tertiary/aromatic N) is 4. The zero-order valence-corrected chi connectivity index (χ0v) is 13.8. The minimum atomic E-state index is -0.230. The van der Waals surface area contributed by atoms with Crippen LogP contribution in [0.4, 0.5) is 0 Å². The first-order valence-electron chi connectivity index (χ1n) is 8.82. The van der Waals surface area contributed by atoms with Crippen LogP contribution in [-0.4, -0.2) is 69.6 Å². The highest BCUT2D eigenvalue weighted by atomic mass is 16.3. The number of hydrogen-bond acceptors (Lipinski definition) is 4.